The molecule has 4 rings (SSSR count). The van der Waals surface area contributed by atoms with Crippen LogP contribution in [0.2, 0.25) is 0 Å². The van der Waals surface area contributed by atoms with Crippen LogP contribution in [-0.2, 0) is 0 Å². The first-order chi connectivity index (χ1) is 14.6. The molecule has 0 amide bonds. The summed E-state index contributed by atoms with van der Waals surface area (Å²) in [5.74, 6) is 1.68. The second kappa shape index (κ2) is 10.0. The van der Waals surface area contributed by atoms with E-state index in [2.05, 4.69) is 12.1 Å². The van der Waals surface area contributed by atoms with Crippen LogP contribution in [0.3, 0.4) is 0 Å². The molecule has 0 heterocycles. The average molecular weight is 413 g/mol. The Bertz CT molecular complexity index is 800. The molecule has 0 unspecified atom stereocenters. The van der Waals surface area contributed by atoms with Crippen LogP contribution >= 0.6 is 0 Å². The number of hydrogen-bond donors (Lipinski definition) is 1. The maximum atomic E-state index is 13.5. The topological polar surface area (TPSA) is 20.2 Å². The number of benzene rings is 2. The van der Waals surface area contributed by atoms with Gasteiger partial charge in [0.25, 0.3) is 0 Å². The van der Waals surface area contributed by atoms with Crippen LogP contribution in [0.4, 0.5) is 8.78 Å². The summed E-state index contributed by atoms with van der Waals surface area (Å²) in [5, 5.41) is 9.04. The van der Waals surface area contributed by atoms with Gasteiger partial charge >= 0.3 is 0 Å². The molecular formula is C27H34F2O. The highest BCUT2D eigenvalue weighted by atomic mass is 19.2. The summed E-state index contributed by atoms with van der Waals surface area (Å²) in [6, 6.07) is 12.5. The van der Waals surface area contributed by atoms with E-state index in [0.717, 1.165) is 35.3 Å². The second-order valence-electron chi connectivity index (χ2n) is 9.51. The molecule has 0 aliphatic heterocycles. The van der Waals surface area contributed by atoms with Crippen LogP contribution in [0.25, 0.3) is 11.1 Å². The lowest BCUT2D eigenvalue weighted by atomic mass is 9.68. The lowest BCUT2D eigenvalue weighted by molar-refractivity contribution is 0.152. The Hall–Kier alpha value is -1.74. The highest BCUT2D eigenvalue weighted by Crippen LogP contribution is 2.44. The van der Waals surface area contributed by atoms with Crippen molar-refractivity contribution in [2.75, 3.05) is 6.61 Å². The summed E-state index contributed by atoms with van der Waals surface area (Å²) in [5.41, 5.74) is 3.04. The van der Waals surface area contributed by atoms with Gasteiger partial charge in [0.1, 0.15) is 0 Å². The van der Waals surface area contributed by atoms with Gasteiger partial charge in [0.05, 0.1) is 0 Å². The Morgan fingerprint density at radius 3 is 1.90 bits per heavy atom. The molecule has 0 aromatic heterocycles. The number of aliphatic hydroxyl groups excluding tert-OH is 1. The number of halogens is 2. The monoisotopic (exact) mass is 412 g/mol. The molecule has 0 radical (unpaired) electrons. The Balaban J connectivity index is 1.28. The van der Waals surface area contributed by atoms with E-state index < -0.39 is 11.6 Å². The molecule has 2 fully saturated rings. The van der Waals surface area contributed by atoms with Gasteiger partial charge in [-0.2, -0.15) is 0 Å². The summed E-state index contributed by atoms with van der Waals surface area (Å²) in [6.07, 6.45) is 12.9. The van der Waals surface area contributed by atoms with Crippen LogP contribution < -0.4 is 0 Å². The molecule has 30 heavy (non-hydrogen) atoms. The first-order valence-corrected chi connectivity index (χ1v) is 11.8. The highest BCUT2D eigenvalue weighted by molar-refractivity contribution is 5.63. The van der Waals surface area contributed by atoms with E-state index in [1.54, 1.807) is 6.07 Å². The van der Waals surface area contributed by atoms with Crippen molar-refractivity contribution in [1.29, 1.82) is 0 Å². The fourth-order valence-electron chi connectivity index (χ4n) is 5.88. The zero-order valence-electron chi connectivity index (χ0n) is 17.8. The maximum Gasteiger partial charge on any atom is 0.159 e. The third kappa shape index (κ3) is 5.11. The molecule has 2 aliphatic rings. The first-order valence-electron chi connectivity index (χ1n) is 11.8. The van der Waals surface area contributed by atoms with Crippen molar-refractivity contribution in [2.24, 2.45) is 17.8 Å². The Labute approximate surface area is 179 Å². The van der Waals surface area contributed by atoms with Gasteiger partial charge in [0, 0.05) is 6.61 Å². The van der Waals surface area contributed by atoms with E-state index in [1.165, 1.54) is 75.5 Å². The SMILES string of the molecule is OCCC[C@H]1CC[C@H](C2CCC(c3ccc(-c4ccc(F)c(F)c4)cc3)CC2)CC1. The smallest absolute Gasteiger partial charge is 0.159 e. The predicted molar refractivity (Wildman–Crippen MR) is 118 cm³/mol. The Morgan fingerprint density at radius 2 is 1.30 bits per heavy atom. The third-order valence-electron chi connectivity index (χ3n) is 7.74. The van der Waals surface area contributed by atoms with Crippen molar-refractivity contribution in [3.8, 4) is 11.1 Å². The lowest BCUT2D eigenvalue weighted by Crippen LogP contribution is -2.25. The van der Waals surface area contributed by atoms with Crippen molar-refractivity contribution < 1.29 is 13.9 Å². The zero-order chi connectivity index (χ0) is 20.9. The maximum absolute atomic E-state index is 13.5. The average Bonchev–Trinajstić information content (AvgIpc) is 2.80. The second-order valence-corrected chi connectivity index (χ2v) is 9.51. The minimum absolute atomic E-state index is 0.339. The highest BCUT2D eigenvalue weighted by Gasteiger charge is 2.31. The fraction of sp³-hybridized carbons (Fsp3) is 0.556. The van der Waals surface area contributed by atoms with Crippen LogP contribution in [0.15, 0.2) is 42.5 Å². The molecule has 1 nitrogen and oxygen atoms in total. The van der Waals surface area contributed by atoms with Gasteiger partial charge in [-0.3, -0.25) is 0 Å². The van der Waals surface area contributed by atoms with E-state index in [4.69, 9.17) is 5.11 Å². The molecule has 0 atom stereocenters. The van der Waals surface area contributed by atoms with Gasteiger partial charge in [0.15, 0.2) is 11.6 Å². The van der Waals surface area contributed by atoms with E-state index in [1.807, 2.05) is 12.1 Å². The summed E-state index contributed by atoms with van der Waals surface area (Å²) < 4.78 is 26.7. The minimum Gasteiger partial charge on any atom is -0.396 e. The minimum atomic E-state index is -0.800. The molecule has 0 spiro atoms. The molecule has 2 aromatic carbocycles. The quantitative estimate of drug-likeness (QED) is 0.521. The number of aliphatic hydroxyl groups is 1. The standard InChI is InChI=1S/C27H34F2O/c28-26-16-15-25(18-27(26)29)24-13-11-23(12-14-24)22-9-7-21(8-10-22)20-5-3-19(4-6-20)2-1-17-30/h11-16,18-22,30H,1-10,17H2/t19-,20-,21?,22?. The Kier molecular flexibility index (Phi) is 7.20. The van der Waals surface area contributed by atoms with Crippen LogP contribution in [0.5, 0.6) is 0 Å². The lowest BCUT2D eigenvalue weighted by Gasteiger charge is -2.38. The molecular weight excluding hydrogens is 378 g/mol. The summed E-state index contributed by atoms with van der Waals surface area (Å²) >= 11 is 0. The van der Waals surface area contributed by atoms with E-state index in [0.29, 0.717) is 12.5 Å². The first kappa shape index (κ1) is 21.5. The van der Waals surface area contributed by atoms with E-state index >= 15 is 0 Å². The van der Waals surface area contributed by atoms with E-state index in [9.17, 15) is 8.78 Å². The molecule has 2 saturated carbocycles. The zero-order valence-corrected chi connectivity index (χ0v) is 17.8. The molecule has 2 aromatic rings. The van der Waals surface area contributed by atoms with Gasteiger partial charge in [-0.25, -0.2) is 8.78 Å². The molecule has 162 valence electrons. The molecule has 0 saturated heterocycles. The summed E-state index contributed by atoms with van der Waals surface area (Å²) in [6.45, 7) is 0.339. The van der Waals surface area contributed by atoms with Crippen LogP contribution in [0, 0.1) is 29.4 Å². The molecule has 3 heteroatoms. The van der Waals surface area contributed by atoms with Crippen molar-refractivity contribution in [1.82, 2.24) is 0 Å². The van der Waals surface area contributed by atoms with Gasteiger partial charge in [-0.1, -0.05) is 43.2 Å². The molecule has 1 N–H and O–H groups in total. The Morgan fingerprint density at radius 1 is 0.700 bits per heavy atom. The van der Waals surface area contributed by atoms with Gasteiger partial charge in [-0.05, 0) is 104 Å². The number of hydrogen-bond acceptors (Lipinski definition) is 1. The predicted octanol–water partition coefficient (Wildman–Crippen LogP) is 7.48. The normalized spacial score (nSPS) is 27.2. The molecule has 0 bridgehead atoms. The fourth-order valence-corrected chi connectivity index (χ4v) is 5.88. The van der Waals surface area contributed by atoms with Crippen LogP contribution in [0.1, 0.15) is 75.7 Å². The summed E-state index contributed by atoms with van der Waals surface area (Å²) in [7, 11) is 0. The van der Waals surface area contributed by atoms with Gasteiger partial charge < -0.3 is 5.11 Å². The molecule has 2 aliphatic carbocycles. The van der Waals surface area contributed by atoms with Crippen molar-refractivity contribution in [3.05, 3.63) is 59.7 Å². The van der Waals surface area contributed by atoms with Crippen molar-refractivity contribution >= 4 is 0 Å². The largest absolute Gasteiger partial charge is 0.396 e. The van der Waals surface area contributed by atoms with Crippen molar-refractivity contribution in [2.45, 2.75) is 70.1 Å². The van der Waals surface area contributed by atoms with Gasteiger partial charge in [-0.15, -0.1) is 0 Å². The van der Waals surface area contributed by atoms with E-state index in [-0.39, 0.29) is 0 Å². The van der Waals surface area contributed by atoms with Crippen LogP contribution in [-0.4, -0.2) is 11.7 Å². The van der Waals surface area contributed by atoms with Gasteiger partial charge in [0.2, 0.25) is 0 Å². The van der Waals surface area contributed by atoms with Crippen molar-refractivity contribution in [3.63, 3.8) is 0 Å². The summed E-state index contributed by atoms with van der Waals surface area (Å²) in [4.78, 5) is 0. The number of rotatable bonds is 6. The third-order valence-corrected chi connectivity index (χ3v) is 7.74.